The van der Waals surface area contributed by atoms with Crippen LogP contribution >= 0.6 is 11.3 Å². The SMILES string of the molecule is CC(CCc1ccccc1)NC(=O)C1CCN(c2nc3c(F)cccc3s2)CC1. The zero-order valence-corrected chi connectivity index (χ0v) is 17.4. The molecular formula is C23H26FN3OS. The second kappa shape index (κ2) is 8.91. The quantitative estimate of drug-likeness (QED) is 0.634. The van der Waals surface area contributed by atoms with Crippen LogP contribution in [0.5, 0.6) is 0 Å². The summed E-state index contributed by atoms with van der Waals surface area (Å²) in [6.07, 6.45) is 3.51. The highest BCUT2D eigenvalue weighted by molar-refractivity contribution is 7.22. The minimum atomic E-state index is -0.274. The van der Waals surface area contributed by atoms with E-state index in [9.17, 15) is 9.18 Å². The van der Waals surface area contributed by atoms with Crippen molar-refractivity contribution in [2.75, 3.05) is 18.0 Å². The lowest BCUT2D eigenvalue weighted by molar-refractivity contribution is -0.126. The molecule has 0 radical (unpaired) electrons. The highest BCUT2D eigenvalue weighted by atomic mass is 32.1. The van der Waals surface area contributed by atoms with Gasteiger partial charge in [-0.1, -0.05) is 47.7 Å². The van der Waals surface area contributed by atoms with E-state index < -0.39 is 0 Å². The van der Waals surface area contributed by atoms with Crippen LogP contribution in [0.4, 0.5) is 9.52 Å². The van der Waals surface area contributed by atoms with E-state index in [4.69, 9.17) is 0 Å². The molecule has 4 rings (SSSR count). The molecule has 1 aliphatic heterocycles. The molecule has 3 aromatic rings. The third kappa shape index (κ3) is 4.75. The Bertz CT molecular complexity index is 967. The summed E-state index contributed by atoms with van der Waals surface area (Å²) in [6.45, 7) is 3.63. The first-order chi connectivity index (χ1) is 14.1. The second-order valence-corrected chi connectivity index (χ2v) is 8.79. The van der Waals surface area contributed by atoms with Crippen molar-refractivity contribution in [3.63, 3.8) is 0 Å². The number of nitrogens with zero attached hydrogens (tertiary/aromatic N) is 2. The maximum Gasteiger partial charge on any atom is 0.223 e. The van der Waals surface area contributed by atoms with Gasteiger partial charge < -0.3 is 10.2 Å². The van der Waals surface area contributed by atoms with Crippen LogP contribution < -0.4 is 10.2 Å². The van der Waals surface area contributed by atoms with Gasteiger partial charge in [-0.2, -0.15) is 0 Å². The van der Waals surface area contributed by atoms with Crippen LogP contribution in [-0.4, -0.2) is 30.0 Å². The number of aryl methyl sites for hydroxylation is 1. The van der Waals surface area contributed by atoms with E-state index >= 15 is 0 Å². The third-order valence-electron chi connectivity index (χ3n) is 5.59. The van der Waals surface area contributed by atoms with Crippen molar-refractivity contribution in [3.8, 4) is 0 Å². The van der Waals surface area contributed by atoms with E-state index in [-0.39, 0.29) is 23.7 Å². The molecule has 0 saturated carbocycles. The number of aromatic nitrogens is 1. The molecule has 1 saturated heterocycles. The van der Waals surface area contributed by atoms with Gasteiger partial charge in [0.15, 0.2) is 5.13 Å². The molecule has 1 N–H and O–H groups in total. The van der Waals surface area contributed by atoms with Crippen LogP contribution in [0.15, 0.2) is 48.5 Å². The van der Waals surface area contributed by atoms with E-state index in [2.05, 4.69) is 34.3 Å². The fraction of sp³-hybridized carbons (Fsp3) is 0.391. The Morgan fingerprint density at radius 2 is 1.97 bits per heavy atom. The molecule has 2 heterocycles. The second-order valence-electron chi connectivity index (χ2n) is 7.78. The Morgan fingerprint density at radius 1 is 1.21 bits per heavy atom. The molecule has 2 aromatic carbocycles. The monoisotopic (exact) mass is 411 g/mol. The van der Waals surface area contributed by atoms with E-state index in [0.29, 0.717) is 5.52 Å². The number of carbonyl (C=O) groups is 1. The number of thiazole rings is 1. The van der Waals surface area contributed by atoms with Gasteiger partial charge in [0.2, 0.25) is 5.91 Å². The van der Waals surface area contributed by atoms with Gasteiger partial charge in [-0.25, -0.2) is 9.37 Å². The van der Waals surface area contributed by atoms with Gasteiger partial charge in [0, 0.05) is 25.0 Å². The van der Waals surface area contributed by atoms with Crippen LogP contribution in [-0.2, 0) is 11.2 Å². The fourth-order valence-electron chi connectivity index (χ4n) is 3.83. The lowest BCUT2D eigenvalue weighted by Crippen LogP contribution is -2.43. The molecule has 1 aromatic heterocycles. The summed E-state index contributed by atoms with van der Waals surface area (Å²) in [6, 6.07) is 15.6. The molecule has 0 spiro atoms. The summed E-state index contributed by atoms with van der Waals surface area (Å²) in [7, 11) is 0. The number of para-hydroxylation sites is 1. The molecule has 0 bridgehead atoms. The molecule has 1 amide bonds. The molecule has 4 nitrogen and oxygen atoms in total. The molecule has 1 aliphatic rings. The molecule has 1 unspecified atom stereocenters. The third-order valence-corrected chi connectivity index (χ3v) is 6.67. The van der Waals surface area contributed by atoms with Crippen molar-refractivity contribution in [1.29, 1.82) is 0 Å². The minimum absolute atomic E-state index is 0.0385. The molecule has 6 heteroatoms. The average Bonchev–Trinajstić information content (AvgIpc) is 3.19. The van der Waals surface area contributed by atoms with E-state index in [0.717, 1.165) is 48.6 Å². The number of carbonyl (C=O) groups excluding carboxylic acids is 1. The summed E-state index contributed by atoms with van der Waals surface area (Å²) >= 11 is 1.52. The zero-order chi connectivity index (χ0) is 20.2. The first-order valence-corrected chi connectivity index (χ1v) is 11.1. The number of fused-ring (bicyclic) bond motifs is 1. The van der Waals surface area contributed by atoms with Crippen LogP contribution in [0, 0.1) is 11.7 Å². The molecule has 0 aliphatic carbocycles. The molecule has 152 valence electrons. The molecular weight excluding hydrogens is 385 g/mol. The molecule has 1 atom stereocenters. The Morgan fingerprint density at radius 3 is 2.69 bits per heavy atom. The number of benzene rings is 2. The average molecular weight is 412 g/mol. The topological polar surface area (TPSA) is 45.2 Å². The smallest absolute Gasteiger partial charge is 0.223 e. The maximum atomic E-state index is 13.9. The zero-order valence-electron chi connectivity index (χ0n) is 16.6. The maximum absolute atomic E-state index is 13.9. The summed E-state index contributed by atoms with van der Waals surface area (Å²) in [5.41, 5.74) is 1.74. The summed E-state index contributed by atoms with van der Waals surface area (Å²) in [5, 5.41) is 4.03. The van der Waals surface area contributed by atoms with Gasteiger partial charge in [0.25, 0.3) is 0 Å². The van der Waals surface area contributed by atoms with E-state index in [1.165, 1.54) is 23.0 Å². The largest absolute Gasteiger partial charge is 0.353 e. The van der Waals surface area contributed by atoms with Crippen molar-refractivity contribution in [2.24, 2.45) is 5.92 Å². The highest BCUT2D eigenvalue weighted by Crippen LogP contribution is 2.32. The number of rotatable bonds is 6. The number of amides is 1. The number of piperidine rings is 1. The van der Waals surface area contributed by atoms with Gasteiger partial charge >= 0.3 is 0 Å². The van der Waals surface area contributed by atoms with Crippen molar-refractivity contribution >= 4 is 32.6 Å². The van der Waals surface area contributed by atoms with Gasteiger partial charge in [0.05, 0.1) is 4.70 Å². The first kappa shape index (κ1) is 19.8. The van der Waals surface area contributed by atoms with Crippen LogP contribution in [0.1, 0.15) is 31.7 Å². The van der Waals surface area contributed by atoms with Crippen molar-refractivity contribution in [2.45, 2.75) is 38.6 Å². The fourth-order valence-corrected chi connectivity index (χ4v) is 4.86. The summed E-state index contributed by atoms with van der Waals surface area (Å²) < 4.78 is 14.8. The predicted octanol–water partition coefficient (Wildman–Crippen LogP) is 4.79. The van der Waals surface area contributed by atoms with E-state index in [1.807, 2.05) is 24.3 Å². The lowest BCUT2D eigenvalue weighted by atomic mass is 9.95. The van der Waals surface area contributed by atoms with Crippen LogP contribution in [0.25, 0.3) is 10.2 Å². The number of nitrogens with one attached hydrogen (secondary N) is 1. The predicted molar refractivity (Wildman–Crippen MR) is 117 cm³/mol. The molecule has 1 fully saturated rings. The van der Waals surface area contributed by atoms with Crippen molar-refractivity contribution in [3.05, 3.63) is 59.9 Å². The van der Waals surface area contributed by atoms with E-state index in [1.54, 1.807) is 6.07 Å². The number of hydrogen-bond donors (Lipinski definition) is 1. The Balaban J connectivity index is 1.27. The Hall–Kier alpha value is -2.47. The minimum Gasteiger partial charge on any atom is -0.353 e. The number of halogens is 1. The lowest BCUT2D eigenvalue weighted by Gasteiger charge is -2.31. The van der Waals surface area contributed by atoms with Crippen molar-refractivity contribution < 1.29 is 9.18 Å². The standard InChI is InChI=1S/C23H26FN3OS/c1-16(10-11-17-6-3-2-4-7-17)25-22(28)18-12-14-27(15-13-18)23-26-21-19(24)8-5-9-20(21)29-23/h2-9,16,18H,10-15H2,1H3,(H,25,28). The summed E-state index contributed by atoms with van der Waals surface area (Å²) in [4.78, 5) is 19.3. The normalized spacial score (nSPS) is 16.1. The number of hydrogen-bond acceptors (Lipinski definition) is 4. The van der Waals surface area contributed by atoms with Crippen molar-refractivity contribution in [1.82, 2.24) is 10.3 Å². The Labute approximate surface area is 174 Å². The summed E-state index contributed by atoms with van der Waals surface area (Å²) in [5.74, 6) is -0.0825. The Kier molecular flexibility index (Phi) is 6.09. The van der Waals surface area contributed by atoms with Gasteiger partial charge in [-0.3, -0.25) is 4.79 Å². The van der Waals surface area contributed by atoms with Gasteiger partial charge in [0.1, 0.15) is 11.3 Å². The van der Waals surface area contributed by atoms with Gasteiger partial charge in [-0.05, 0) is 50.3 Å². The number of anilines is 1. The van der Waals surface area contributed by atoms with Crippen LogP contribution in [0.3, 0.4) is 0 Å². The highest BCUT2D eigenvalue weighted by Gasteiger charge is 2.27. The van der Waals surface area contributed by atoms with Crippen LogP contribution in [0.2, 0.25) is 0 Å². The molecule has 29 heavy (non-hydrogen) atoms. The first-order valence-electron chi connectivity index (χ1n) is 10.2. The van der Waals surface area contributed by atoms with Gasteiger partial charge in [-0.15, -0.1) is 0 Å².